The summed E-state index contributed by atoms with van der Waals surface area (Å²) in [4.78, 5) is 28.7. The van der Waals surface area contributed by atoms with Crippen LogP contribution in [0, 0.1) is 0 Å². The number of nitrogens with one attached hydrogen (secondary N) is 2. The molecule has 2 N–H and O–H groups in total. The second-order valence-electron chi connectivity index (χ2n) is 7.50. The number of aryl methyl sites for hydroxylation is 2. The molecule has 3 heterocycles. The summed E-state index contributed by atoms with van der Waals surface area (Å²) >= 11 is 1.29. The second kappa shape index (κ2) is 11.8. The van der Waals surface area contributed by atoms with Gasteiger partial charge in [-0.2, -0.15) is 0 Å². The van der Waals surface area contributed by atoms with E-state index in [1.165, 1.54) is 11.3 Å². The summed E-state index contributed by atoms with van der Waals surface area (Å²) in [5.74, 6) is -0.507. The maximum Gasteiger partial charge on any atom is 0.282 e. The van der Waals surface area contributed by atoms with Gasteiger partial charge >= 0.3 is 0 Å². The van der Waals surface area contributed by atoms with E-state index in [4.69, 9.17) is 0 Å². The number of hydrogen-bond acceptors (Lipinski definition) is 8. The van der Waals surface area contributed by atoms with Crippen molar-refractivity contribution in [2.24, 2.45) is 0 Å². The van der Waals surface area contributed by atoms with Crippen LogP contribution in [0.15, 0.2) is 60.9 Å². The molecule has 0 bridgehead atoms. The summed E-state index contributed by atoms with van der Waals surface area (Å²) in [6, 6.07) is 15.2. The number of rotatable bonds is 11. The van der Waals surface area contributed by atoms with Crippen molar-refractivity contribution >= 4 is 23.2 Å². The van der Waals surface area contributed by atoms with E-state index in [-0.39, 0.29) is 11.8 Å². The first-order valence-electron chi connectivity index (χ1n) is 10.9. The monoisotopic (exact) mass is 476 g/mol. The van der Waals surface area contributed by atoms with Crippen LogP contribution in [0.3, 0.4) is 0 Å². The van der Waals surface area contributed by atoms with E-state index in [1.54, 1.807) is 17.1 Å². The molecule has 4 rings (SSSR count). The van der Waals surface area contributed by atoms with Gasteiger partial charge in [0.2, 0.25) is 5.01 Å². The van der Waals surface area contributed by atoms with E-state index in [9.17, 15) is 9.59 Å². The fourth-order valence-corrected chi connectivity index (χ4v) is 3.92. The molecule has 0 unspecified atom stereocenters. The molecule has 0 fully saturated rings. The molecule has 4 aromatic rings. The Morgan fingerprint density at radius 3 is 2.53 bits per heavy atom. The lowest BCUT2D eigenvalue weighted by atomic mass is 10.2. The summed E-state index contributed by atoms with van der Waals surface area (Å²) in [5.41, 5.74) is 2.10. The van der Waals surface area contributed by atoms with Gasteiger partial charge in [-0.05, 0) is 30.5 Å². The highest BCUT2D eigenvalue weighted by molar-refractivity contribution is 7.13. The number of amides is 2. The third-order valence-electron chi connectivity index (χ3n) is 4.91. The standard InChI is InChI=1S/C23H24N8O2S/c32-21(25-14-17-8-2-1-3-9-17)19-16-31(30-27-19)13-7-5-11-20-28-29-23(34-20)22(33)26-15-18-10-4-6-12-24-18/h1-4,6,8-10,12,16H,5,7,11,13-15H2,(H,25,32)(H,26,33). The molecule has 0 radical (unpaired) electrons. The number of benzene rings is 1. The molecule has 0 atom stereocenters. The zero-order valence-corrected chi connectivity index (χ0v) is 19.2. The Kier molecular flexibility index (Phi) is 8.01. The van der Waals surface area contributed by atoms with E-state index in [1.807, 2.05) is 48.5 Å². The van der Waals surface area contributed by atoms with Crippen LogP contribution in [0.1, 0.15) is 49.4 Å². The lowest BCUT2D eigenvalue weighted by Gasteiger charge is -2.02. The molecule has 0 aliphatic rings. The van der Waals surface area contributed by atoms with E-state index >= 15 is 0 Å². The molecule has 2 amide bonds. The number of carbonyl (C=O) groups excluding carboxylic acids is 2. The third kappa shape index (κ3) is 6.75. The summed E-state index contributed by atoms with van der Waals surface area (Å²) < 4.78 is 1.66. The van der Waals surface area contributed by atoms with Gasteiger partial charge in [-0.3, -0.25) is 19.3 Å². The van der Waals surface area contributed by atoms with Gasteiger partial charge in [0.05, 0.1) is 18.4 Å². The molecule has 174 valence electrons. The highest BCUT2D eigenvalue weighted by atomic mass is 32.1. The molecule has 34 heavy (non-hydrogen) atoms. The van der Waals surface area contributed by atoms with Gasteiger partial charge in [0, 0.05) is 25.7 Å². The number of unbranched alkanes of at least 4 members (excludes halogenated alkanes) is 1. The first kappa shape index (κ1) is 23.2. The van der Waals surface area contributed by atoms with Crippen LogP contribution in [-0.4, -0.2) is 42.0 Å². The fraction of sp³-hybridized carbons (Fsp3) is 0.261. The summed E-state index contributed by atoms with van der Waals surface area (Å²) in [6.45, 7) is 1.42. The first-order valence-corrected chi connectivity index (χ1v) is 11.7. The van der Waals surface area contributed by atoms with Crippen LogP contribution >= 0.6 is 11.3 Å². The van der Waals surface area contributed by atoms with E-state index in [0.717, 1.165) is 29.1 Å². The normalized spacial score (nSPS) is 10.7. The minimum Gasteiger partial charge on any atom is -0.347 e. The maximum absolute atomic E-state index is 12.3. The predicted molar refractivity (Wildman–Crippen MR) is 126 cm³/mol. The number of pyridine rings is 1. The molecule has 10 nitrogen and oxygen atoms in total. The highest BCUT2D eigenvalue weighted by Gasteiger charge is 2.13. The lowest BCUT2D eigenvalue weighted by Crippen LogP contribution is -2.23. The molecule has 11 heteroatoms. The van der Waals surface area contributed by atoms with Crippen LogP contribution in [-0.2, 0) is 26.1 Å². The van der Waals surface area contributed by atoms with Crippen LogP contribution in [0.5, 0.6) is 0 Å². The zero-order chi connectivity index (χ0) is 23.6. The van der Waals surface area contributed by atoms with Gasteiger partial charge in [-0.25, -0.2) is 0 Å². The minimum atomic E-state index is -0.255. The van der Waals surface area contributed by atoms with Gasteiger partial charge in [0.1, 0.15) is 5.01 Å². The molecule has 0 aliphatic carbocycles. The van der Waals surface area contributed by atoms with Crippen molar-refractivity contribution in [2.45, 2.75) is 38.9 Å². The Hall–Kier alpha value is -3.99. The summed E-state index contributed by atoms with van der Waals surface area (Å²) in [7, 11) is 0. The van der Waals surface area contributed by atoms with Crippen LogP contribution in [0.25, 0.3) is 0 Å². The van der Waals surface area contributed by atoms with E-state index < -0.39 is 0 Å². The average molecular weight is 477 g/mol. The van der Waals surface area contributed by atoms with Crippen molar-refractivity contribution in [2.75, 3.05) is 0 Å². The number of aromatic nitrogens is 6. The Labute approximate surface area is 200 Å². The van der Waals surface area contributed by atoms with Crippen molar-refractivity contribution < 1.29 is 9.59 Å². The number of nitrogens with zero attached hydrogens (tertiary/aromatic N) is 6. The lowest BCUT2D eigenvalue weighted by molar-refractivity contribution is 0.0939. The SMILES string of the molecule is O=C(NCc1ccccc1)c1cn(CCCCc2nnc(C(=O)NCc3ccccn3)s2)nn1. The largest absolute Gasteiger partial charge is 0.347 e. The van der Waals surface area contributed by atoms with Gasteiger partial charge in [-0.1, -0.05) is 52.9 Å². The molecule has 1 aromatic carbocycles. The second-order valence-corrected chi connectivity index (χ2v) is 8.56. The van der Waals surface area contributed by atoms with Gasteiger partial charge in [0.15, 0.2) is 5.69 Å². The van der Waals surface area contributed by atoms with Crippen LogP contribution in [0.2, 0.25) is 0 Å². The number of carbonyl (C=O) groups is 2. The fourth-order valence-electron chi connectivity index (χ4n) is 3.13. The third-order valence-corrected chi connectivity index (χ3v) is 5.89. The van der Waals surface area contributed by atoms with Gasteiger partial charge < -0.3 is 10.6 Å². The van der Waals surface area contributed by atoms with Crippen molar-refractivity contribution in [1.29, 1.82) is 0 Å². The van der Waals surface area contributed by atoms with Crippen molar-refractivity contribution in [3.8, 4) is 0 Å². The van der Waals surface area contributed by atoms with Gasteiger partial charge in [0.25, 0.3) is 11.8 Å². The number of hydrogen-bond donors (Lipinski definition) is 2. The zero-order valence-electron chi connectivity index (χ0n) is 18.4. The smallest absolute Gasteiger partial charge is 0.282 e. The van der Waals surface area contributed by atoms with Crippen molar-refractivity contribution in [1.82, 2.24) is 40.8 Å². The highest BCUT2D eigenvalue weighted by Crippen LogP contribution is 2.13. The Morgan fingerprint density at radius 1 is 0.882 bits per heavy atom. The quantitative estimate of drug-likeness (QED) is 0.318. The Morgan fingerprint density at radius 2 is 1.71 bits per heavy atom. The summed E-state index contributed by atoms with van der Waals surface area (Å²) in [6.07, 6.45) is 5.72. The van der Waals surface area contributed by atoms with Gasteiger partial charge in [-0.15, -0.1) is 15.3 Å². The van der Waals surface area contributed by atoms with E-state index in [0.29, 0.717) is 36.8 Å². The Bertz CT molecular complexity index is 1110. The van der Waals surface area contributed by atoms with Crippen molar-refractivity contribution in [3.63, 3.8) is 0 Å². The molecule has 0 saturated heterocycles. The molecule has 0 saturated carbocycles. The average Bonchev–Trinajstić information content (AvgIpc) is 3.55. The summed E-state index contributed by atoms with van der Waals surface area (Å²) in [5, 5.41) is 22.9. The maximum atomic E-state index is 12.3. The first-order chi connectivity index (χ1) is 16.7. The van der Waals surface area contributed by atoms with Crippen LogP contribution < -0.4 is 10.6 Å². The minimum absolute atomic E-state index is 0.252. The van der Waals surface area contributed by atoms with Crippen LogP contribution in [0.4, 0.5) is 0 Å². The molecular weight excluding hydrogens is 452 g/mol. The Balaban J connectivity index is 1.16. The van der Waals surface area contributed by atoms with E-state index in [2.05, 4.69) is 36.1 Å². The molecule has 0 aliphatic heterocycles. The van der Waals surface area contributed by atoms with Crippen molar-refractivity contribution in [3.05, 3.63) is 87.9 Å². The molecular formula is C23H24N8O2S. The molecule has 0 spiro atoms. The predicted octanol–water partition coefficient (Wildman–Crippen LogP) is 2.41. The molecule has 3 aromatic heterocycles. The topological polar surface area (TPSA) is 128 Å².